The molecule has 90 valence electrons. The first-order chi connectivity index (χ1) is 7.26. The first-order valence-electron chi connectivity index (χ1n) is 6.60. The van der Waals surface area contributed by atoms with Gasteiger partial charge in [-0.3, -0.25) is 0 Å². The molecule has 0 aliphatic heterocycles. The van der Waals surface area contributed by atoms with Crippen molar-refractivity contribution in [3.05, 3.63) is 0 Å². The minimum absolute atomic E-state index is 0.505. The maximum absolute atomic E-state index is 5.43. The van der Waals surface area contributed by atoms with E-state index in [0.717, 1.165) is 25.2 Å². The summed E-state index contributed by atoms with van der Waals surface area (Å²) >= 11 is 0. The van der Waals surface area contributed by atoms with E-state index in [2.05, 4.69) is 26.1 Å². The van der Waals surface area contributed by atoms with Crippen molar-refractivity contribution in [3.8, 4) is 0 Å². The zero-order valence-electron chi connectivity index (χ0n) is 10.6. The molecule has 0 saturated heterocycles. The highest BCUT2D eigenvalue weighted by Gasteiger charge is 2.21. The smallest absolute Gasteiger partial charge is 0.0616 e. The summed E-state index contributed by atoms with van der Waals surface area (Å²) in [6.45, 7) is 8.28. The van der Waals surface area contributed by atoms with Gasteiger partial charge in [0.1, 0.15) is 0 Å². The molecule has 2 nitrogen and oxygen atoms in total. The Morgan fingerprint density at radius 2 is 2.13 bits per heavy atom. The molecule has 3 atom stereocenters. The number of hydrogen-bond donors (Lipinski definition) is 1. The molecule has 15 heavy (non-hydrogen) atoms. The lowest BCUT2D eigenvalue weighted by atomic mass is 9.84. The van der Waals surface area contributed by atoms with Gasteiger partial charge in [0.05, 0.1) is 6.61 Å². The summed E-state index contributed by atoms with van der Waals surface area (Å²) in [5.74, 6) is 0.954. The first-order valence-corrected chi connectivity index (χ1v) is 6.60. The van der Waals surface area contributed by atoms with Crippen LogP contribution in [-0.4, -0.2) is 25.3 Å². The highest BCUT2D eigenvalue weighted by Crippen LogP contribution is 2.26. The fourth-order valence-electron chi connectivity index (χ4n) is 2.56. The van der Waals surface area contributed by atoms with Crippen LogP contribution in [0.3, 0.4) is 0 Å². The SMILES string of the molecule is CCOCC(C)NC1CCCC(CC)C1. The normalized spacial score (nSPS) is 29.0. The molecule has 0 radical (unpaired) electrons. The molecule has 1 aliphatic rings. The molecule has 1 saturated carbocycles. The summed E-state index contributed by atoms with van der Waals surface area (Å²) < 4.78 is 5.43. The van der Waals surface area contributed by atoms with Gasteiger partial charge in [0, 0.05) is 18.7 Å². The van der Waals surface area contributed by atoms with Crippen molar-refractivity contribution in [1.29, 1.82) is 0 Å². The molecule has 0 aromatic carbocycles. The van der Waals surface area contributed by atoms with Crippen molar-refractivity contribution in [3.63, 3.8) is 0 Å². The highest BCUT2D eigenvalue weighted by atomic mass is 16.5. The zero-order valence-corrected chi connectivity index (χ0v) is 10.6. The predicted octanol–water partition coefficient (Wildman–Crippen LogP) is 2.97. The second-order valence-corrected chi connectivity index (χ2v) is 4.86. The number of hydrogen-bond acceptors (Lipinski definition) is 2. The standard InChI is InChI=1S/C13H27NO/c1-4-12-7-6-8-13(9-12)14-11(3)10-15-5-2/h11-14H,4-10H2,1-3H3. The van der Waals surface area contributed by atoms with Gasteiger partial charge in [-0.05, 0) is 32.6 Å². The summed E-state index contributed by atoms with van der Waals surface area (Å²) in [6.07, 6.45) is 6.91. The van der Waals surface area contributed by atoms with Crippen LogP contribution in [0.1, 0.15) is 52.9 Å². The molecule has 1 aliphatic carbocycles. The molecule has 0 aromatic rings. The maximum atomic E-state index is 5.43. The molecule has 1 rings (SSSR count). The van der Waals surface area contributed by atoms with E-state index in [1.165, 1.54) is 32.1 Å². The summed E-state index contributed by atoms with van der Waals surface area (Å²) in [7, 11) is 0. The Hall–Kier alpha value is -0.0800. The van der Waals surface area contributed by atoms with Gasteiger partial charge in [0.25, 0.3) is 0 Å². The Morgan fingerprint density at radius 1 is 1.33 bits per heavy atom. The van der Waals surface area contributed by atoms with Gasteiger partial charge in [-0.1, -0.05) is 26.2 Å². The lowest BCUT2D eigenvalue weighted by Crippen LogP contribution is -2.41. The highest BCUT2D eigenvalue weighted by molar-refractivity contribution is 4.79. The van der Waals surface area contributed by atoms with Gasteiger partial charge in [-0.2, -0.15) is 0 Å². The van der Waals surface area contributed by atoms with Crippen LogP contribution in [0.5, 0.6) is 0 Å². The molecule has 0 heterocycles. The Kier molecular flexibility index (Phi) is 6.26. The van der Waals surface area contributed by atoms with Gasteiger partial charge in [0.2, 0.25) is 0 Å². The van der Waals surface area contributed by atoms with Crippen molar-refractivity contribution < 1.29 is 4.74 Å². The van der Waals surface area contributed by atoms with Crippen LogP contribution in [0.2, 0.25) is 0 Å². The molecule has 3 unspecified atom stereocenters. The van der Waals surface area contributed by atoms with Gasteiger partial charge >= 0.3 is 0 Å². The van der Waals surface area contributed by atoms with Crippen molar-refractivity contribution in [2.75, 3.05) is 13.2 Å². The topological polar surface area (TPSA) is 21.3 Å². The van der Waals surface area contributed by atoms with E-state index in [1.54, 1.807) is 0 Å². The third-order valence-corrected chi connectivity index (χ3v) is 3.45. The van der Waals surface area contributed by atoms with E-state index < -0.39 is 0 Å². The summed E-state index contributed by atoms with van der Waals surface area (Å²) in [5, 5.41) is 3.69. The van der Waals surface area contributed by atoms with Gasteiger partial charge < -0.3 is 10.1 Å². The van der Waals surface area contributed by atoms with Crippen LogP contribution in [0, 0.1) is 5.92 Å². The van der Waals surface area contributed by atoms with Gasteiger partial charge in [-0.15, -0.1) is 0 Å². The molecular formula is C13H27NO. The zero-order chi connectivity index (χ0) is 11.1. The Labute approximate surface area is 94.8 Å². The quantitative estimate of drug-likeness (QED) is 0.732. The maximum Gasteiger partial charge on any atom is 0.0616 e. The molecular weight excluding hydrogens is 186 g/mol. The Bertz CT molecular complexity index is 161. The largest absolute Gasteiger partial charge is 0.380 e. The van der Waals surface area contributed by atoms with Crippen molar-refractivity contribution in [2.24, 2.45) is 5.92 Å². The van der Waals surface area contributed by atoms with Crippen LogP contribution in [-0.2, 0) is 4.74 Å². The molecule has 0 aromatic heterocycles. The summed E-state index contributed by atoms with van der Waals surface area (Å²) in [5.41, 5.74) is 0. The third-order valence-electron chi connectivity index (χ3n) is 3.45. The minimum atomic E-state index is 0.505. The lowest BCUT2D eigenvalue weighted by Gasteiger charge is -2.31. The van der Waals surface area contributed by atoms with E-state index in [4.69, 9.17) is 4.74 Å². The second kappa shape index (κ2) is 7.24. The van der Waals surface area contributed by atoms with Crippen molar-refractivity contribution in [1.82, 2.24) is 5.32 Å². The van der Waals surface area contributed by atoms with E-state index in [0.29, 0.717) is 6.04 Å². The van der Waals surface area contributed by atoms with Crippen LogP contribution in [0.25, 0.3) is 0 Å². The van der Waals surface area contributed by atoms with Gasteiger partial charge in [0.15, 0.2) is 0 Å². The number of rotatable bonds is 6. The van der Waals surface area contributed by atoms with Crippen LogP contribution < -0.4 is 5.32 Å². The molecule has 0 bridgehead atoms. The van der Waals surface area contributed by atoms with Crippen LogP contribution >= 0.6 is 0 Å². The van der Waals surface area contributed by atoms with E-state index >= 15 is 0 Å². The Balaban J connectivity index is 2.19. The van der Waals surface area contributed by atoms with Crippen molar-refractivity contribution >= 4 is 0 Å². The fourth-order valence-corrected chi connectivity index (χ4v) is 2.56. The first kappa shape index (κ1) is 13.0. The minimum Gasteiger partial charge on any atom is -0.380 e. The average Bonchev–Trinajstić information content (AvgIpc) is 2.26. The predicted molar refractivity (Wildman–Crippen MR) is 65.1 cm³/mol. The van der Waals surface area contributed by atoms with E-state index in [9.17, 15) is 0 Å². The van der Waals surface area contributed by atoms with Gasteiger partial charge in [-0.25, -0.2) is 0 Å². The second-order valence-electron chi connectivity index (χ2n) is 4.86. The summed E-state index contributed by atoms with van der Waals surface area (Å²) in [4.78, 5) is 0. The molecule has 1 N–H and O–H groups in total. The van der Waals surface area contributed by atoms with E-state index in [1.807, 2.05) is 0 Å². The molecule has 1 fully saturated rings. The third kappa shape index (κ3) is 4.98. The fraction of sp³-hybridized carbons (Fsp3) is 1.00. The average molecular weight is 213 g/mol. The number of ether oxygens (including phenoxy) is 1. The van der Waals surface area contributed by atoms with Crippen LogP contribution in [0.15, 0.2) is 0 Å². The summed E-state index contributed by atoms with van der Waals surface area (Å²) in [6, 6.07) is 1.24. The number of nitrogens with one attached hydrogen (secondary N) is 1. The molecule has 0 amide bonds. The van der Waals surface area contributed by atoms with Crippen molar-refractivity contribution in [2.45, 2.75) is 65.0 Å². The lowest BCUT2D eigenvalue weighted by molar-refractivity contribution is 0.118. The molecule has 2 heteroatoms. The monoisotopic (exact) mass is 213 g/mol. The van der Waals surface area contributed by atoms with E-state index in [-0.39, 0.29) is 0 Å². The molecule has 0 spiro atoms. The van der Waals surface area contributed by atoms with Crippen LogP contribution in [0.4, 0.5) is 0 Å². The Morgan fingerprint density at radius 3 is 2.80 bits per heavy atom.